The van der Waals surface area contributed by atoms with Crippen LogP contribution in [-0.4, -0.2) is 35.4 Å². The molecule has 0 spiro atoms. The summed E-state index contributed by atoms with van der Waals surface area (Å²) >= 11 is 5.78. The lowest BCUT2D eigenvalue weighted by molar-refractivity contribution is 0.0934. The van der Waals surface area contributed by atoms with Crippen LogP contribution in [0.1, 0.15) is 30.3 Å². The molecule has 1 aliphatic rings. The molecule has 1 saturated heterocycles. The largest absolute Gasteiger partial charge is 0.376 e. The molecule has 4 nitrogen and oxygen atoms in total. The number of carbonyl (C=O) groups excluding carboxylic acids is 1. The molecular weight excluding hydrogens is 274 g/mol. The Hall–Kier alpha value is -1.55. The molecule has 0 unspecified atom stereocenters. The molecule has 0 saturated carbocycles. The first-order valence-electron chi connectivity index (χ1n) is 6.87. The van der Waals surface area contributed by atoms with Gasteiger partial charge in [0.05, 0.1) is 0 Å². The van der Waals surface area contributed by atoms with Crippen molar-refractivity contribution in [2.45, 2.75) is 19.8 Å². The van der Waals surface area contributed by atoms with Crippen molar-refractivity contribution in [2.24, 2.45) is 5.92 Å². The third-order valence-electron chi connectivity index (χ3n) is 3.65. The zero-order valence-electron chi connectivity index (χ0n) is 11.7. The second-order valence-corrected chi connectivity index (χ2v) is 5.61. The van der Waals surface area contributed by atoms with Crippen molar-refractivity contribution in [3.05, 3.63) is 41.3 Å². The van der Waals surface area contributed by atoms with Crippen molar-refractivity contribution in [3.63, 3.8) is 0 Å². The molecule has 1 amide bonds. The number of nitrogens with one attached hydrogen (secondary N) is 1. The number of halogens is 1. The van der Waals surface area contributed by atoms with Crippen molar-refractivity contribution in [1.82, 2.24) is 15.2 Å². The molecule has 2 heterocycles. The highest BCUT2D eigenvalue weighted by Crippen LogP contribution is 2.19. The van der Waals surface area contributed by atoms with E-state index in [1.54, 1.807) is 18.2 Å². The third kappa shape index (κ3) is 3.97. The number of nitrogens with zero attached hydrogens (tertiary/aromatic N) is 2. The summed E-state index contributed by atoms with van der Waals surface area (Å²) < 4.78 is 0. The molecule has 1 fully saturated rings. The van der Waals surface area contributed by atoms with Gasteiger partial charge in [-0.05, 0) is 37.8 Å². The minimum Gasteiger partial charge on any atom is -0.376 e. The number of likely N-dealkylation sites (tertiary alicyclic amines) is 1. The lowest BCUT2D eigenvalue weighted by Gasteiger charge is -2.33. The summed E-state index contributed by atoms with van der Waals surface area (Å²) in [5.41, 5.74) is 1.49. The number of amides is 1. The Morgan fingerprint density at radius 1 is 1.50 bits per heavy atom. The van der Waals surface area contributed by atoms with E-state index < -0.39 is 0 Å². The fourth-order valence-corrected chi connectivity index (χ4v) is 2.54. The molecule has 0 bridgehead atoms. The average Bonchev–Trinajstić information content (AvgIpc) is 2.45. The second-order valence-electron chi connectivity index (χ2n) is 5.22. The van der Waals surface area contributed by atoms with Crippen LogP contribution in [0.25, 0.3) is 0 Å². The fourth-order valence-electron chi connectivity index (χ4n) is 2.38. The summed E-state index contributed by atoms with van der Waals surface area (Å²) in [4.78, 5) is 18.2. The molecule has 1 N–H and O–H groups in total. The Morgan fingerprint density at radius 2 is 2.20 bits per heavy atom. The van der Waals surface area contributed by atoms with Crippen LogP contribution >= 0.6 is 11.6 Å². The lowest BCUT2D eigenvalue weighted by Crippen LogP contribution is -2.37. The molecule has 0 atom stereocenters. The predicted octanol–water partition coefficient (Wildman–Crippen LogP) is 2.71. The van der Waals surface area contributed by atoms with E-state index in [-0.39, 0.29) is 5.91 Å². The maximum atomic E-state index is 12.0. The van der Waals surface area contributed by atoms with E-state index in [0.717, 1.165) is 31.6 Å². The van der Waals surface area contributed by atoms with Gasteiger partial charge in [0.25, 0.3) is 5.91 Å². The molecule has 108 valence electrons. The highest BCUT2D eigenvalue weighted by Gasteiger charge is 2.19. The van der Waals surface area contributed by atoms with Crippen LogP contribution in [-0.2, 0) is 0 Å². The van der Waals surface area contributed by atoms with E-state index in [1.807, 2.05) is 6.92 Å². The second kappa shape index (κ2) is 6.75. The zero-order chi connectivity index (χ0) is 14.5. The maximum absolute atomic E-state index is 12.0. The fraction of sp³-hybridized carbons (Fsp3) is 0.467. The Kier molecular flexibility index (Phi) is 5.01. The van der Waals surface area contributed by atoms with Crippen molar-refractivity contribution in [3.8, 4) is 0 Å². The van der Waals surface area contributed by atoms with Crippen LogP contribution in [0.2, 0.25) is 5.15 Å². The summed E-state index contributed by atoms with van der Waals surface area (Å²) in [5.74, 6) is 0.364. The van der Waals surface area contributed by atoms with Crippen molar-refractivity contribution in [1.29, 1.82) is 0 Å². The van der Waals surface area contributed by atoms with Crippen LogP contribution in [0.5, 0.6) is 0 Å². The van der Waals surface area contributed by atoms with Crippen LogP contribution < -0.4 is 5.32 Å². The monoisotopic (exact) mass is 293 g/mol. The minimum atomic E-state index is -0.158. The summed E-state index contributed by atoms with van der Waals surface area (Å²) in [6.45, 7) is 8.73. The van der Waals surface area contributed by atoms with E-state index in [9.17, 15) is 4.79 Å². The number of piperidine rings is 1. The molecule has 0 aliphatic carbocycles. The van der Waals surface area contributed by atoms with Crippen LogP contribution in [0.15, 0.2) is 30.5 Å². The van der Waals surface area contributed by atoms with Gasteiger partial charge < -0.3 is 10.2 Å². The standard InChI is InChI=1S/C15H20ClN3O/c1-11(2)19-8-6-12(7-9-19)10-17-15(20)13-4-3-5-14(16)18-13/h3-5,12H,1,6-10H2,2H3,(H,17,20). The van der Waals surface area contributed by atoms with Gasteiger partial charge in [0.15, 0.2) is 0 Å². The van der Waals surface area contributed by atoms with E-state index in [1.165, 1.54) is 0 Å². The zero-order valence-corrected chi connectivity index (χ0v) is 12.5. The number of pyridine rings is 1. The predicted molar refractivity (Wildman–Crippen MR) is 80.7 cm³/mol. The van der Waals surface area contributed by atoms with E-state index in [0.29, 0.717) is 23.3 Å². The van der Waals surface area contributed by atoms with Crippen molar-refractivity contribution < 1.29 is 4.79 Å². The first-order chi connectivity index (χ1) is 9.56. The lowest BCUT2D eigenvalue weighted by atomic mass is 9.96. The maximum Gasteiger partial charge on any atom is 0.269 e. The summed E-state index contributed by atoms with van der Waals surface area (Å²) in [6, 6.07) is 5.06. The van der Waals surface area contributed by atoms with Crippen LogP contribution in [0, 0.1) is 5.92 Å². The molecule has 0 radical (unpaired) electrons. The van der Waals surface area contributed by atoms with Gasteiger partial charge in [-0.3, -0.25) is 4.79 Å². The molecule has 1 aliphatic heterocycles. The molecule has 1 aromatic rings. The Morgan fingerprint density at radius 3 is 2.80 bits per heavy atom. The van der Waals surface area contributed by atoms with Crippen LogP contribution in [0.3, 0.4) is 0 Å². The normalized spacial score (nSPS) is 16.0. The highest BCUT2D eigenvalue weighted by atomic mass is 35.5. The first kappa shape index (κ1) is 14.9. The van der Waals surface area contributed by atoms with Gasteiger partial charge in [0.2, 0.25) is 0 Å². The summed E-state index contributed by atoms with van der Waals surface area (Å²) in [5, 5.41) is 3.28. The topological polar surface area (TPSA) is 45.2 Å². The van der Waals surface area contributed by atoms with Gasteiger partial charge in [-0.15, -0.1) is 0 Å². The quantitative estimate of drug-likeness (QED) is 0.868. The third-order valence-corrected chi connectivity index (χ3v) is 3.86. The summed E-state index contributed by atoms with van der Waals surface area (Å²) in [7, 11) is 0. The number of carbonyl (C=O) groups is 1. The van der Waals surface area contributed by atoms with Crippen molar-refractivity contribution in [2.75, 3.05) is 19.6 Å². The van der Waals surface area contributed by atoms with Gasteiger partial charge in [-0.25, -0.2) is 4.98 Å². The van der Waals surface area contributed by atoms with E-state index >= 15 is 0 Å². The number of aromatic nitrogens is 1. The van der Waals surface area contributed by atoms with Gasteiger partial charge in [-0.2, -0.15) is 0 Å². The van der Waals surface area contributed by atoms with Crippen LogP contribution in [0.4, 0.5) is 0 Å². The van der Waals surface area contributed by atoms with Crippen molar-refractivity contribution >= 4 is 17.5 Å². The Balaban J connectivity index is 1.79. The SMILES string of the molecule is C=C(C)N1CCC(CNC(=O)c2cccc(Cl)n2)CC1. The molecular formula is C15H20ClN3O. The highest BCUT2D eigenvalue weighted by molar-refractivity contribution is 6.29. The van der Waals surface area contributed by atoms with Gasteiger partial charge in [-0.1, -0.05) is 24.2 Å². The number of hydrogen-bond acceptors (Lipinski definition) is 3. The smallest absolute Gasteiger partial charge is 0.269 e. The average molecular weight is 294 g/mol. The molecule has 5 heteroatoms. The van der Waals surface area contributed by atoms with E-state index in [2.05, 4.69) is 21.8 Å². The van der Waals surface area contributed by atoms with Gasteiger partial charge in [0, 0.05) is 25.3 Å². The molecule has 1 aromatic heterocycles. The Bertz CT molecular complexity index is 496. The number of allylic oxidation sites excluding steroid dienone is 1. The van der Waals surface area contributed by atoms with Gasteiger partial charge in [0.1, 0.15) is 10.8 Å². The number of rotatable bonds is 4. The minimum absolute atomic E-state index is 0.158. The Labute approximate surface area is 124 Å². The number of hydrogen-bond donors (Lipinski definition) is 1. The van der Waals surface area contributed by atoms with Gasteiger partial charge >= 0.3 is 0 Å². The molecule has 0 aromatic carbocycles. The molecule has 20 heavy (non-hydrogen) atoms. The summed E-state index contributed by atoms with van der Waals surface area (Å²) in [6.07, 6.45) is 2.16. The van der Waals surface area contributed by atoms with E-state index in [4.69, 9.17) is 11.6 Å². The molecule has 2 rings (SSSR count). The first-order valence-corrected chi connectivity index (χ1v) is 7.25.